The maximum atomic E-state index is 8.61. The second-order valence-corrected chi connectivity index (χ2v) is 3.35. The normalized spacial score (nSPS) is 22.3. The maximum absolute atomic E-state index is 8.61. The highest BCUT2D eigenvalue weighted by Crippen LogP contribution is 2.20. The van der Waals surface area contributed by atoms with Gasteiger partial charge in [-0.3, -0.25) is 0 Å². The first-order valence-corrected chi connectivity index (χ1v) is 4.43. The van der Waals surface area contributed by atoms with Crippen LogP contribution in [0.2, 0.25) is 0 Å². The van der Waals surface area contributed by atoms with E-state index in [2.05, 4.69) is 0 Å². The predicted molar refractivity (Wildman–Crippen MR) is 46.4 cm³/mol. The highest BCUT2D eigenvalue weighted by molar-refractivity contribution is 6.04. The molecule has 0 amide bonds. The summed E-state index contributed by atoms with van der Waals surface area (Å²) >= 11 is 0. The molecule has 3 heteroatoms. The molecule has 0 unspecified atom stereocenters. The van der Waals surface area contributed by atoms with Crippen molar-refractivity contribution in [3.63, 3.8) is 0 Å². The Labute approximate surface area is 70.0 Å². The zero-order chi connectivity index (χ0) is 8.10. The maximum Gasteiger partial charge on any atom is 0.182 e. The molecule has 62 valence electrons. The first-order chi connectivity index (χ1) is 5.33. The van der Waals surface area contributed by atoms with Crippen molar-refractivity contribution in [2.75, 3.05) is 19.7 Å². The van der Waals surface area contributed by atoms with E-state index in [1.54, 1.807) is 0 Å². The lowest BCUT2D eigenvalue weighted by atomic mass is 9.91. The van der Waals surface area contributed by atoms with E-state index in [1.807, 2.05) is 4.81 Å². The Hall–Kier alpha value is -0.0151. The molecular weight excluding hydrogens is 137 g/mol. The van der Waals surface area contributed by atoms with E-state index < -0.39 is 0 Å². The van der Waals surface area contributed by atoms with Crippen molar-refractivity contribution in [1.29, 1.82) is 0 Å². The summed E-state index contributed by atoms with van der Waals surface area (Å²) in [5.41, 5.74) is 0. The monoisotopic (exact) mass is 153 g/mol. The summed E-state index contributed by atoms with van der Waals surface area (Å²) in [4.78, 5) is 1.88. The molecule has 2 radical (unpaired) electrons. The molecule has 1 fully saturated rings. The average Bonchev–Trinajstić information content (AvgIpc) is 2.04. The molecule has 0 aromatic carbocycles. The molecule has 0 aromatic heterocycles. The van der Waals surface area contributed by atoms with E-state index in [1.165, 1.54) is 19.3 Å². The molecule has 1 aliphatic rings. The van der Waals surface area contributed by atoms with Crippen molar-refractivity contribution in [3.8, 4) is 0 Å². The summed E-state index contributed by atoms with van der Waals surface area (Å²) in [6.45, 7) is 2.38. The number of aliphatic hydroxyl groups excluding tert-OH is 1. The lowest BCUT2D eigenvalue weighted by molar-refractivity contribution is 0.233. The number of piperidine rings is 1. The van der Waals surface area contributed by atoms with Gasteiger partial charge in [0.1, 0.15) is 0 Å². The van der Waals surface area contributed by atoms with Gasteiger partial charge in [-0.2, -0.15) is 0 Å². The molecule has 0 bridgehead atoms. The van der Waals surface area contributed by atoms with Crippen molar-refractivity contribution in [2.45, 2.75) is 25.7 Å². The molecule has 1 aliphatic heterocycles. The van der Waals surface area contributed by atoms with Crippen molar-refractivity contribution in [2.24, 2.45) is 5.92 Å². The third-order valence-corrected chi connectivity index (χ3v) is 2.42. The van der Waals surface area contributed by atoms with Gasteiger partial charge in [-0.25, -0.2) is 0 Å². The van der Waals surface area contributed by atoms with Gasteiger partial charge in [0.25, 0.3) is 0 Å². The van der Waals surface area contributed by atoms with E-state index in [0.717, 1.165) is 25.4 Å². The minimum absolute atomic E-state index is 0.336. The molecule has 0 atom stereocenters. The van der Waals surface area contributed by atoms with Crippen molar-refractivity contribution < 1.29 is 5.11 Å². The number of rotatable bonds is 3. The molecule has 1 N–H and O–H groups in total. The van der Waals surface area contributed by atoms with Gasteiger partial charge in [0.15, 0.2) is 7.98 Å². The van der Waals surface area contributed by atoms with Crippen LogP contribution in [0.1, 0.15) is 25.7 Å². The molecular formula is C8H16BNO. The van der Waals surface area contributed by atoms with E-state index in [4.69, 9.17) is 13.1 Å². The Morgan fingerprint density at radius 1 is 1.36 bits per heavy atom. The van der Waals surface area contributed by atoms with Crippen molar-refractivity contribution in [1.82, 2.24) is 4.81 Å². The van der Waals surface area contributed by atoms with Crippen LogP contribution in [-0.4, -0.2) is 37.6 Å². The number of nitrogens with zero attached hydrogens (tertiary/aromatic N) is 1. The van der Waals surface area contributed by atoms with Gasteiger partial charge in [0, 0.05) is 6.61 Å². The Balaban J connectivity index is 2.07. The Bertz CT molecular complexity index is 99.5. The Morgan fingerprint density at radius 3 is 2.55 bits per heavy atom. The highest BCUT2D eigenvalue weighted by Gasteiger charge is 2.15. The minimum atomic E-state index is 0.336. The molecule has 0 aromatic rings. The highest BCUT2D eigenvalue weighted by atomic mass is 16.2. The lowest BCUT2D eigenvalue weighted by Crippen LogP contribution is -2.31. The van der Waals surface area contributed by atoms with Crippen LogP contribution in [0.5, 0.6) is 0 Å². The van der Waals surface area contributed by atoms with Crippen LogP contribution in [0.15, 0.2) is 0 Å². The van der Waals surface area contributed by atoms with Crippen LogP contribution in [0.4, 0.5) is 0 Å². The Morgan fingerprint density at radius 2 is 2.00 bits per heavy atom. The van der Waals surface area contributed by atoms with Crippen LogP contribution in [0.25, 0.3) is 0 Å². The molecule has 1 rings (SSSR count). The number of hydrogen-bond donors (Lipinski definition) is 1. The number of hydrogen-bond acceptors (Lipinski definition) is 2. The number of aliphatic hydroxyl groups is 1. The Kier molecular flexibility index (Phi) is 3.94. The van der Waals surface area contributed by atoms with Crippen LogP contribution in [-0.2, 0) is 0 Å². The third-order valence-electron chi connectivity index (χ3n) is 2.42. The van der Waals surface area contributed by atoms with Gasteiger partial charge in [-0.05, 0) is 44.7 Å². The lowest BCUT2D eigenvalue weighted by Gasteiger charge is -2.29. The molecule has 2 nitrogen and oxygen atoms in total. The standard InChI is InChI=1S/C8H16BNO/c9-10-5-3-8(4-6-10)2-1-7-11/h8,11H,1-7H2. The third kappa shape index (κ3) is 3.26. The van der Waals surface area contributed by atoms with E-state index in [9.17, 15) is 0 Å². The van der Waals surface area contributed by atoms with Gasteiger partial charge in [0.05, 0.1) is 0 Å². The van der Waals surface area contributed by atoms with Crippen LogP contribution < -0.4 is 0 Å². The first-order valence-electron chi connectivity index (χ1n) is 4.43. The van der Waals surface area contributed by atoms with Gasteiger partial charge in [-0.1, -0.05) is 0 Å². The topological polar surface area (TPSA) is 23.5 Å². The van der Waals surface area contributed by atoms with Crippen molar-refractivity contribution >= 4 is 7.98 Å². The molecule has 0 saturated carbocycles. The quantitative estimate of drug-likeness (QED) is 0.598. The molecule has 0 spiro atoms. The summed E-state index contributed by atoms with van der Waals surface area (Å²) in [5, 5.41) is 8.61. The predicted octanol–water partition coefficient (Wildman–Crippen LogP) is 0.554. The summed E-state index contributed by atoms with van der Waals surface area (Å²) in [6.07, 6.45) is 4.53. The van der Waals surface area contributed by atoms with Gasteiger partial charge in [0.2, 0.25) is 0 Å². The van der Waals surface area contributed by atoms with Gasteiger partial charge < -0.3 is 9.92 Å². The zero-order valence-corrected chi connectivity index (χ0v) is 7.00. The van der Waals surface area contributed by atoms with Crippen LogP contribution in [0.3, 0.4) is 0 Å². The summed E-state index contributed by atoms with van der Waals surface area (Å²) in [6, 6.07) is 0. The van der Waals surface area contributed by atoms with Gasteiger partial charge >= 0.3 is 0 Å². The van der Waals surface area contributed by atoms with E-state index in [-0.39, 0.29) is 0 Å². The summed E-state index contributed by atoms with van der Waals surface area (Å²) < 4.78 is 0. The molecule has 1 heterocycles. The summed E-state index contributed by atoms with van der Waals surface area (Å²) in [5.74, 6) is 0.807. The first kappa shape index (κ1) is 9.08. The fourth-order valence-corrected chi connectivity index (χ4v) is 1.62. The fourth-order valence-electron chi connectivity index (χ4n) is 1.62. The average molecular weight is 153 g/mol. The fraction of sp³-hybridized carbons (Fsp3) is 1.00. The molecule has 1 saturated heterocycles. The van der Waals surface area contributed by atoms with E-state index in [0.29, 0.717) is 6.61 Å². The second-order valence-electron chi connectivity index (χ2n) is 3.35. The van der Waals surface area contributed by atoms with E-state index >= 15 is 0 Å². The largest absolute Gasteiger partial charge is 0.396 e. The van der Waals surface area contributed by atoms with Gasteiger partial charge in [-0.15, -0.1) is 0 Å². The van der Waals surface area contributed by atoms with Crippen LogP contribution >= 0.6 is 0 Å². The second kappa shape index (κ2) is 4.78. The molecule has 11 heavy (non-hydrogen) atoms. The van der Waals surface area contributed by atoms with Crippen molar-refractivity contribution in [3.05, 3.63) is 0 Å². The zero-order valence-electron chi connectivity index (χ0n) is 7.00. The van der Waals surface area contributed by atoms with Crippen LogP contribution in [0, 0.1) is 5.92 Å². The SMILES string of the molecule is [B]N1CCC(CCCO)CC1. The molecule has 0 aliphatic carbocycles. The summed E-state index contributed by atoms with van der Waals surface area (Å²) in [7, 11) is 5.61. The smallest absolute Gasteiger partial charge is 0.182 e. The minimum Gasteiger partial charge on any atom is -0.396 e.